The molecule has 0 amide bonds. The standard InChI is InChI=1S/C6H12O4/c1-6(2,5(9)10)4(8)3-7/h4,7-8H,3H2,1-2H3,(H,9,10). The second-order valence-electron chi connectivity index (χ2n) is 2.73. The highest BCUT2D eigenvalue weighted by molar-refractivity contribution is 5.74. The minimum absolute atomic E-state index is 0.528. The van der Waals surface area contributed by atoms with Crippen LogP contribution in [0, 0.1) is 5.41 Å². The lowest BCUT2D eigenvalue weighted by Gasteiger charge is -2.23. The second-order valence-corrected chi connectivity index (χ2v) is 2.73. The molecule has 0 radical (unpaired) electrons. The smallest absolute Gasteiger partial charge is 0.311 e. The monoisotopic (exact) mass is 148 g/mol. The predicted molar refractivity (Wildman–Crippen MR) is 34.5 cm³/mol. The Hall–Kier alpha value is -0.610. The number of hydrogen-bond donors (Lipinski definition) is 3. The van der Waals surface area contributed by atoms with E-state index in [1.165, 1.54) is 13.8 Å². The van der Waals surface area contributed by atoms with Crippen LogP contribution < -0.4 is 0 Å². The molecule has 0 saturated carbocycles. The number of aliphatic hydroxyl groups excluding tert-OH is 2. The Balaban J connectivity index is 4.23. The van der Waals surface area contributed by atoms with Crippen LogP contribution >= 0.6 is 0 Å². The zero-order valence-electron chi connectivity index (χ0n) is 6.03. The molecule has 0 spiro atoms. The summed E-state index contributed by atoms with van der Waals surface area (Å²) < 4.78 is 0. The molecule has 0 aliphatic carbocycles. The summed E-state index contributed by atoms with van der Waals surface area (Å²) in [6.45, 7) is 2.19. The maximum atomic E-state index is 10.4. The maximum absolute atomic E-state index is 10.4. The Morgan fingerprint density at radius 2 is 2.00 bits per heavy atom. The first-order chi connectivity index (χ1) is 4.42. The summed E-state index contributed by atoms with van der Waals surface area (Å²) in [6, 6.07) is 0. The van der Waals surface area contributed by atoms with Crippen LogP contribution in [0.4, 0.5) is 0 Å². The van der Waals surface area contributed by atoms with Gasteiger partial charge in [0.2, 0.25) is 0 Å². The second kappa shape index (κ2) is 2.98. The first kappa shape index (κ1) is 9.39. The zero-order valence-corrected chi connectivity index (χ0v) is 6.03. The van der Waals surface area contributed by atoms with E-state index in [9.17, 15) is 4.79 Å². The van der Waals surface area contributed by atoms with Crippen LogP contribution in [0.5, 0.6) is 0 Å². The van der Waals surface area contributed by atoms with Crippen LogP contribution in [0.15, 0.2) is 0 Å². The van der Waals surface area contributed by atoms with Gasteiger partial charge >= 0.3 is 5.97 Å². The minimum atomic E-state index is -1.27. The summed E-state index contributed by atoms with van der Waals surface area (Å²) in [5, 5.41) is 25.8. The molecule has 4 heteroatoms. The van der Waals surface area contributed by atoms with Crippen molar-refractivity contribution in [3.8, 4) is 0 Å². The normalized spacial score (nSPS) is 14.8. The summed E-state index contributed by atoms with van der Waals surface area (Å²) >= 11 is 0. The number of rotatable bonds is 3. The molecule has 0 bridgehead atoms. The van der Waals surface area contributed by atoms with E-state index in [1.54, 1.807) is 0 Å². The van der Waals surface area contributed by atoms with Crippen molar-refractivity contribution in [2.45, 2.75) is 20.0 Å². The lowest BCUT2D eigenvalue weighted by atomic mass is 9.87. The Bertz CT molecular complexity index is 130. The molecule has 0 aromatic heterocycles. The van der Waals surface area contributed by atoms with E-state index in [-0.39, 0.29) is 0 Å². The van der Waals surface area contributed by atoms with Crippen molar-refractivity contribution in [3.63, 3.8) is 0 Å². The van der Waals surface area contributed by atoms with Gasteiger partial charge in [-0.1, -0.05) is 0 Å². The van der Waals surface area contributed by atoms with Gasteiger partial charge in [0.25, 0.3) is 0 Å². The van der Waals surface area contributed by atoms with Gasteiger partial charge in [0.1, 0.15) is 0 Å². The minimum Gasteiger partial charge on any atom is -0.481 e. The third kappa shape index (κ3) is 1.68. The number of carboxylic acid groups (broad SMARTS) is 1. The van der Waals surface area contributed by atoms with Crippen LogP contribution in [0.3, 0.4) is 0 Å². The Morgan fingerprint density at radius 3 is 2.10 bits per heavy atom. The summed E-state index contributed by atoms with van der Waals surface area (Å²) in [5.41, 5.74) is -1.27. The van der Waals surface area contributed by atoms with Gasteiger partial charge in [-0.05, 0) is 13.8 Å². The summed E-state index contributed by atoms with van der Waals surface area (Å²) in [5.74, 6) is -1.12. The predicted octanol–water partition coefficient (Wildman–Crippen LogP) is -0.550. The Morgan fingerprint density at radius 1 is 1.60 bits per heavy atom. The summed E-state index contributed by atoms with van der Waals surface area (Å²) in [4.78, 5) is 10.4. The number of carbonyl (C=O) groups is 1. The zero-order chi connectivity index (χ0) is 8.36. The van der Waals surface area contributed by atoms with E-state index in [1.807, 2.05) is 0 Å². The van der Waals surface area contributed by atoms with Crippen LogP contribution in [0.1, 0.15) is 13.8 Å². The van der Waals surface area contributed by atoms with E-state index in [0.29, 0.717) is 0 Å². The van der Waals surface area contributed by atoms with Crippen LogP contribution in [-0.2, 0) is 4.79 Å². The third-order valence-electron chi connectivity index (χ3n) is 1.56. The molecule has 10 heavy (non-hydrogen) atoms. The van der Waals surface area contributed by atoms with Crippen LogP contribution in [0.2, 0.25) is 0 Å². The van der Waals surface area contributed by atoms with E-state index in [4.69, 9.17) is 15.3 Å². The van der Waals surface area contributed by atoms with Crippen molar-refractivity contribution in [2.24, 2.45) is 5.41 Å². The molecule has 0 fully saturated rings. The van der Waals surface area contributed by atoms with E-state index < -0.39 is 24.1 Å². The highest BCUT2D eigenvalue weighted by Gasteiger charge is 2.34. The molecule has 0 saturated heterocycles. The average molecular weight is 148 g/mol. The van der Waals surface area contributed by atoms with Crippen LogP contribution in [-0.4, -0.2) is 34.0 Å². The van der Waals surface area contributed by atoms with Crippen LogP contribution in [0.25, 0.3) is 0 Å². The molecular formula is C6H12O4. The van der Waals surface area contributed by atoms with Crippen molar-refractivity contribution in [1.82, 2.24) is 0 Å². The molecule has 0 aliphatic rings. The van der Waals surface area contributed by atoms with Gasteiger partial charge in [0.15, 0.2) is 0 Å². The first-order valence-electron chi connectivity index (χ1n) is 2.95. The van der Waals surface area contributed by atoms with Gasteiger partial charge in [-0.15, -0.1) is 0 Å². The number of aliphatic carboxylic acids is 1. The topological polar surface area (TPSA) is 77.8 Å². The van der Waals surface area contributed by atoms with Gasteiger partial charge in [0, 0.05) is 0 Å². The molecule has 4 nitrogen and oxygen atoms in total. The van der Waals surface area contributed by atoms with E-state index in [0.717, 1.165) is 0 Å². The largest absolute Gasteiger partial charge is 0.481 e. The van der Waals surface area contributed by atoms with Gasteiger partial charge in [-0.25, -0.2) is 0 Å². The molecule has 0 rings (SSSR count). The highest BCUT2D eigenvalue weighted by Crippen LogP contribution is 2.19. The molecule has 1 unspecified atom stereocenters. The Labute approximate surface area is 59.1 Å². The molecule has 0 aromatic rings. The molecular weight excluding hydrogens is 136 g/mol. The molecule has 60 valence electrons. The van der Waals surface area contributed by atoms with Crippen molar-refractivity contribution in [1.29, 1.82) is 0 Å². The fraction of sp³-hybridized carbons (Fsp3) is 0.833. The number of aliphatic hydroxyl groups is 2. The summed E-state index contributed by atoms with van der Waals surface area (Å²) in [6.07, 6.45) is -1.20. The maximum Gasteiger partial charge on any atom is 0.311 e. The van der Waals surface area contributed by atoms with Crippen molar-refractivity contribution < 1.29 is 20.1 Å². The van der Waals surface area contributed by atoms with Gasteiger partial charge in [-0.2, -0.15) is 0 Å². The van der Waals surface area contributed by atoms with E-state index in [2.05, 4.69) is 0 Å². The van der Waals surface area contributed by atoms with E-state index >= 15 is 0 Å². The number of hydrogen-bond acceptors (Lipinski definition) is 3. The third-order valence-corrected chi connectivity index (χ3v) is 1.56. The van der Waals surface area contributed by atoms with Gasteiger partial charge in [-0.3, -0.25) is 4.79 Å². The summed E-state index contributed by atoms with van der Waals surface area (Å²) in [7, 11) is 0. The fourth-order valence-electron chi connectivity index (χ4n) is 0.371. The molecule has 0 aromatic carbocycles. The SMILES string of the molecule is CC(C)(C(=O)O)C(O)CO. The van der Waals surface area contributed by atoms with Crippen molar-refractivity contribution >= 4 is 5.97 Å². The molecule has 0 heterocycles. The Kier molecular flexibility index (Phi) is 2.80. The lowest BCUT2D eigenvalue weighted by molar-refractivity contribution is -0.155. The van der Waals surface area contributed by atoms with Gasteiger partial charge in [0.05, 0.1) is 18.1 Å². The quantitative estimate of drug-likeness (QED) is 0.502. The first-order valence-corrected chi connectivity index (χ1v) is 2.95. The molecule has 3 N–H and O–H groups in total. The molecule has 1 atom stereocenters. The van der Waals surface area contributed by atoms with Gasteiger partial charge < -0.3 is 15.3 Å². The van der Waals surface area contributed by atoms with Crippen molar-refractivity contribution in [3.05, 3.63) is 0 Å². The number of carboxylic acids is 1. The fourth-order valence-corrected chi connectivity index (χ4v) is 0.371. The molecule has 0 aliphatic heterocycles. The average Bonchev–Trinajstić information content (AvgIpc) is 1.86. The highest BCUT2D eigenvalue weighted by atomic mass is 16.4. The van der Waals surface area contributed by atoms with Crippen molar-refractivity contribution in [2.75, 3.05) is 6.61 Å². The lowest BCUT2D eigenvalue weighted by Crippen LogP contribution is -2.39.